The standard InChI is InChI=1S/C24H25FN4O4/c1-4-24(32)13-5-17-20-11(7-29(17)22(30)12(13)9-33-23(24)31)18-15(26)8-28(3)21-10(2)14(25)6-16(27-20)19(18)21/h6,15,17,32H,4-5,7-9,26H2,1-3H3/t15?,17?,24-/m0/s1. The van der Waals surface area contributed by atoms with Gasteiger partial charge in [0, 0.05) is 48.8 Å². The van der Waals surface area contributed by atoms with Gasteiger partial charge in [-0.2, -0.15) is 0 Å². The van der Waals surface area contributed by atoms with Crippen molar-refractivity contribution in [3.63, 3.8) is 0 Å². The van der Waals surface area contributed by atoms with E-state index < -0.39 is 17.6 Å². The highest BCUT2D eigenvalue weighted by atomic mass is 19.1. The highest BCUT2D eigenvalue weighted by Gasteiger charge is 2.53. The Morgan fingerprint density at radius 2 is 2.15 bits per heavy atom. The molecular weight excluding hydrogens is 427 g/mol. The summed E-state index contributed by atoms with van der Waals surface area (Å²) in [4.78, 5) is 34.4. The number of cyclic esters (lactones) is 1. The number of amides is 1. The maximum absolute atomic E-state index is 14.8. The van der Waals surface area contributed by atoms with Crippen LogP contribution in [0.3, 0.4) is 0 Å². The van der Waals surface area contributed by atoms with Crippen LogP contribution < -0.4 is 10.6 Å². The highest BCUT2D eigenvalue weighted by molar-refractivity contribution is 6.02. The molecule has 0 saturated carbocycles. The lowest BCUT2D eigenvalue weighted by Gasteiger charge is -2.41. The first-order chi connectivity index (χ1) is 15.7. The fourth-order valence-electron chi connectivity index (χ4n) is 6.14. The van der Waals surface area contributed by atoms with Crippen molar-refractivity contribution in [2.24, 2.45) is 5.73 Å². The number of pyridine rings is 1. The molecule has 0 saturated heterocycles. The van der Waals surface area contributed by atoms with Crippen LogP contribution in [0.25, 0.3) is 10.9 Å². The van der Waals surface area contributed by atoms with Gasteiger partial charge in [-0.15, -0.1) is 0 Å². The number of rotatable bonds is 1. The quantitative estimate of drug-likeness (QED) is 0.636. The zero-order valence-corrected chi connectivity index (χ0v) is 18.7. The molecule has 4 aliphatic rings. The molecule has 6 rings (SSSR count). The van der Waals surface area contributed by atoms with Gasteiger partial charge in [0.15, 0.2) is 5.60 Å². The summed E-state index contributed by atoms with van der Waals surface area (Å²) in [5, 5.41) is 11.9. The van der Waals surface area contributed by atoms with Gasteiger partial charge in [-0.25, -0.2) is 9.18 Å². The van der Waals surface area contributed by atoms with Gasteiger partial charge in [-0.3, -0.25) is 9.78 Å². The van der Waals surface area contributed by atoms with Gasteiger partial charge < -0.3 is 25.4 Å². The lowest BCUT2D eigenvalue weighted by molar-refractivity contribution is -0.165. The maximum Gasteiger partial charge on any atom is 0.342 e. The molecule has 9 heteroatoms. The van der Waals surface area contributed by atoms with Gasteiger partial charge in [0.2, 0.25) is 0 Å². The Morgan fingerprint density at radius 1 is 1.39 bits per heavy atom. The molecule has 0 radical (unpaired) electrons. The van der Waals surface area contributed by atoms with Crippen LogP contribution in [-0.4, -0.2) is 52.7 Å². The fraction of sp³-hybridized carbons (Fsp3) is 0.458. The van der Waals surface area contributed by atoms with Crippen molar-refractivity contribution < 1.29 is 23.8 Å². The lowest BCUT2D eigenvalue weighted by atomic mass is 9.78. The van der Waals surface area contributed by atoms with E-state index in [1.165, 1.54) is 6.07 Å². The Kier molecular flexibility index (Phi) is 4.06. The Balaban J connectivity index is 1.58. The van der Waals surface area contributed by atoms with Crippen molar-refractivity contribution in [3.05, 3.63) is 45.4 Å². The van der Waals surface area contributed by atoms with Crippen molar-refractivity contribution in [2.45, 2.75) is 50.9 Å². The minimum Gasteiger partial charge on any atom is -0.458 e. The fourth-order valence-corrected chi connectivity index (χ4v) is 6.14. The third kappa shape index (κ3) is 2.44. The Bertz CT molecular complexity index is 1320. The third-order valence-electron chi connectivity index (χ3n) is 7.83. The Labute approximate surface area is 189 Å². The number of nitrogens with zero attached hydrogens (tertiary/aromatic N) is 3. The van der Waals surface area contributed by atoms with Gasteiger partial charge in [-0.1, -0.05) is 6.92 Å². The second kappa shape index (κ2) is 6.51. The number of carbonyl (C=O) groups excluding carboxylic acids is 2. The number of anilines is 1. The topological polar surface area (TPSA) is 109 Å². The summed E-state index contributed by atoms with van der Waals surface area (Å²) in [6.45, 7) is 4.15. The molecule has 0 aliphatic carbocycles. The number of likely N-dealkylation sites (N-methyl/N-ethyl adjacent to an activating group) is 1. The van der Waals surface area contributed by atoms with Crippen LogP contribution in [0.1, 0.15) is 54.2 Å². The summed E-state index contributed by atoms with van der Waals surface area (Å²) >= 11 is 0. The van der Waals surface area contributed by atoms with Gasteiger partial charge in [-0.05, 0) is 30.9 Å². The van der Waals surface area contributed by atoms with E-state index in [0.29, 0.717) is 41.0 Å². The van der Waals surface area contributed by atoms with Crippen molar-refractivity contribution in [1.29, 1.82) is 0 Å². The summed E-state index contributed by atoms with van der Waals surface area (Å²) in [5.74, 6) is -1.33. The SMILES string of the molecule is CC[C@@]1(O)C(=O)OCC2=C1CC1c3nc4cc(F)c(C)c5c4c(c3CN1C2=O)C(N)CN5C. The number of aliphatic hydroxyl groups is 1. The van der Waals surface area contributed by atoms with Crippen LogP contribution >= 0.6 is 0 Å². The van der Waals surface area contributed by atoms with Crippen molar-refractivity contribution in [1.82, 2.24) is 9.88 Å². The molecule has 3 atom stereocenters. The number of esters is 1. The van der Waals surface area contributed by atoms with Gasteiger partial charge in [0.05, 0.1) is 28.5 Å². The van der Waals surface area contributed by atoms with Crippen LogP contribution in [0.4, 0.5) is 10.1 Å². The normalized spacial score (nSPS) is 28.2. The summed E-state index contributed by atoms with van der Waals surface area (Å²) in [5.41, 5.74) is 9.84. The second-order valence-corrected chi connectivity index (χ2v) is 9.50. The average molecular weight is 452 g/mol. The maximum atomic E-state index is 14.8. The van der Waals surface area contributed by atoms with E-state index in [9.17, 15) is 19.1 Å². The van der Waals surface area contributed by atoms with Crippen LogP contribution in [0, 0.1) is 12.7 Å². The smallest absolute Gasteiger partial charge is 0.342 e. The molecule has 8 nitrogen and oxygen atoms in total. The molecule has 4 aliphatic heterocycles. The van der Waals surface area contributed by atoms with E-state index in [4.69, 9.17) is 15.5 Å². The molecule has 0 bridgehead atoms. The zero-order chi connectivity index (χ0) is 23.4. The molecule has 0 fully saturated rings. The zero-order valence-electron chi connectivity index (χ0n) is 18.7. The molecular formula is C24H25FN4O4. The summed E-state index contributed by atoms with van der Waals surface area (Å²) < 4.78 is 20.0. The number of halogens is 1. The van der Waals surface area contributed by atoms with Crippen LogP contribution in [0.5, 0.6) is 0 Å². The van der Waals surface area contributed by atoms with Gasteiger partial charge in [0.25, 0.3) is 5.91 Å². The number of benzene rings is 1. The van der Waals surface area contributed by atoms with Crippen LogP contribution in [0.2, 0.25) is 0 Å². The van der Waals surface area contributed by atoms with E-state index in [1.54, 1.807) is 18.7 Å². The predicted octanol–water partition coefficient (Wildman–Crippen LogP) is 1.91. The summed E-state index contributed by atoms with van der Waals surface area (Å²) in [6.07, 6.45) is 0.390. The number of nitrogens with two attached hydrogens (primary N) is 1. The Morgan fingerprint density at radius 3 is 2.88 bits per heavy atom. The van der Waals surface area contributed by atoms with Crippen molar-refractivity contribution >= 4 is 28.5 Å². The first-order valence-electron chi connectivity index (χ1n) is 11.2. The van der Waals surface area contributed by atoms with E-state index in [-0.39, 0.29) is 37.2 Å². The van der Waals surface area contributed by atoms with Crippen molar-refractivity contribution in [3.8, 4) is 0 Å². The molecule has 172 valence electrons. The van der Waals surface area contributed by atoms with Crippen molar-refractivity contribution in [2.75, 3.05) is 25.1 Å². The van der Waals surface area contributed by atoms with Crippen LogP contribution in [0.15, 0.2) is 17.2 Å². The molecule has 2 aromatic rings. The third-order valence-corrected chi connectivity index (χ3v) is 7.83. The Hall–Kier alpha value is -3.04. The van der Waals surface area contributed by atoms with Gasteiger partial charge >= 0.3 is 5.97 Å². The molecule has 1 aromatic heterocycles. The number of hydrogen-bond donors (Lipinski definition) is 2. The predicted molar refractivity (Wildman–Crippen MR) is 118 cm³/mol. The number of fused-ring (bicyclic) bond motifs is 4. The number of hydrogen-bond acceptors (Lipinski definition) is 7. The summed E-state index contributed by atoms with van der Waals surface area (Å²) in [6, 6.07) is 0.668. The van der Waals surface area contributed by atoms with E-state index in [0.717, 1.165) is 22.2 Å². The van der Waals surface area contributed by atoms with Crippen LogP contribution in [-0.2, 0) is 20.9 Å². The number of aromatic nitrogens is 1. The van der Waals surface area contributed by atoms with E-state index in [2.05, 4.69) is 0 Å². The molecule has 33 heavy (non-hydrogen) atoms. The van der Waals surface area contributed by atoms with E-state index in [1.807, 2.05) is 11.9 Å². The molecule has 5 heterocycles. The first kappa shape index (κ1) is 20.6. The molecule has 2 unspecified atom stereocenters. The number of carbonyl (C=O) groups is 2. The average Bonchev–Trinajstić information content (AvgIpc) is 3.14. The highest BCUT2D eigenvalue weighted by Crippen LogP contribution is 2.51. The minimum atomic E-state index is -1.82. The molecule has 0 spiro atoms. The van der Waals surface area contributed by atoms with Gasteiger partial charge in [0.1, 0.15) is 12.4 Å². The molecule has 3 N–H and O–H groups in total. The first-order valence-corrected chi connectivity index (χ1v) is 11.2. The largest absolute Gasteiger partial charge is 0.458 e. The second-order valence-electron chi connectivity index (χ2n) is 9.50. The minimum absolute atomic E-state index is 0.110. The monoisotopic (exact) mass is 452 g/mol. The lowest BCUT2D eigenvalue weighted by Crippen LogP contribution is -2.51. The number of ether oxygens (including phenoxy) is 1. The molecule has 1 aromatic carbocycles. The molecule has 1 amide bonds. The van der Waals surface area contributed by atoms with E-state index >= 15 is 0 Å². The summed E-state index contributed by atoms with van der Waals surface area (Å²) in [7, 11) is 1.89.